The molecule has 1 amide bonds. The monoisotopic (exact) mass is 158 g/mol. The van der Waals surface area contributed by atoms with Crippen LogP contribution in [0.5, 0.6) is 0 Å². The minimum atomic E-state index is -0.310. The average Bonchev–Trinajstić information content (AvgIpc) is 2.00. The molecule has 0 rings (SSSR count). The van der Waals surface area contributed by atoms with E-state index in [2.05, 4.69) is 12.2 Å². The van der Waals surface area contributed by atoms with Crippen LogP contribution in [0.1, 0.15) is 33.1 Å². The maximum atomic E-state index is 11.0. The first-order valence-electron chi connectivity index (χ1n) is 4.25. The summed E-state index contributed by atoms with van der Waals surface area (Å²) < 4.78 is 0. The van der Waals surface area contributed by atoms with E-state index in [9.17, 15) is 4.79 Å². The van der Waals surface area contributed by atoms with Gasteiger partial charge in [0, 0.05) is 6.54 Å². The van der Waals surface area contributed by atoms with Crippen LogP contribution in [0.2, 0.25) is 0 Å². The van der Waals surface area contributed by atoms with Crippen LogP contribution in [0.4, 0.5) is 0 Å². The van der Waals surface area contributed by atoms with Crippen LogP contribution in [-0.2, 0) is 4.79 Å². The zero-order valence-electron chi connectivity index (χ0n) is 7.39. The molecule has 0 saturated carbocycles. The fourth-order valence-corrected chi connectivity index (χ4v) is 0.860. The molecular weight excluding hydrogens is 140 g/mol. The molecule has 66 valence electrons. The zero-order chi connectivity index (χ0) is 8.69. The number of rotatable bonds is 5. The number of likely N-dealkylation sites (N-methyl/N-ethyl adjacent to an activating group) is 1. The smallest absolute Gasteiger partial charge is 0.236 e. The van der Waals surface area contributed by atoms with Crippen LogP contribution in [0.3, 0.4) is 0 Å². The Hall–Kier alpha value is -0.570. The first-order chi connectivity index (χ1) is 5.22. The van der Waals surface area contributed by atoms with Crippen molar-refractivity contribution in [2.24, 2.45) is 5.73 Å². The number of nitrogens with two attached hydrogens (primary N) is 1. The largest absolute Gasteiger partial charge is 0.355 e. The Balaban J connectivity index is 3.46. The van der Waals surface area contributed by atoms with Crippen molar-refractivity contribution in [3.05, 3.63) is 0 Å². The van der Waals surface area contributed by atoms with Gasteiger partial charge in [-0.3, -0.25) is 4.79 Å². The number of carbonyl (C=O) groups is 1. The molecule has 0 aliphatic carbocycles. The average molecular weight is 158 g/mol. The second-order valence-corrected chi connectivity index (χ2v) is 2.64. The SMILES string of the molecule is CCCC[C@@H](N)C(=O)NCC. The quantitative estimate of drug-likeness (QED) is 0.617. The van der Waals surface area contributed by atoms with Gasteiger partial charge in [-0.05, 0) is 13.3 Å². The highest BCUT2D eigenvalue weighted by molar-refractivity contribution is 5.81. The fraction of sp³-hybridized carbons (Fsp3) is 0.875. The van der Waals surface area contributed by atoms with Crippen molar-refractivity contribution in [1.82, 2.24) is 5.32 Å². The Morgan fingerprint density at radius 1 is 1.55 bits per heavy atom. The third-order valence-corrected chi connectivity index (χ3v) is 1.56. The number of amides is 1. The minimum Gasteiger partial charge on any atom is -0.355 e. The molecule has 0 unspecified atom stereocenters. The molecule has 0 aromatic heterocycles. The van der Waals surface area contributed by atoms with Crippen LogP contribution >= 0.6 is 0 Å². The molecule has 0 aromatic rings. The molecule has 0 spiro atoms. The number of unbranched alkanes of at least 4 members (excludes halogenated alkanes) is 1. The topological polar surface area (TPSA) is 55.1 Å². The standard InChI is InChI=1S/C8H18N2O/c1-3-5-6-7(9)8(11)10-4-2/h7H,3-6,9H2,1-2H3,(H,10,11)/t7-/m1/s1. The summed E-state index contributed by atoms with van der Waals surface area (Å²) in [4.78, 5) is 11.0. The highest BCUT2D eigenvalue weighted by Gasteiger charge is 2.10. The molecule has 0 fully saturated rings. The Kier molecular flexibility index (Phi) is 5.84. The molecule has 3 heteroatoms. The van der Waals surface area contributed by atoms with Crippen molar-refractivity contribution in [2.75, 3.05) is 6.54 Å². The van der Waals surface area contributed by atoms with Crippen LogP contribution in [0.25, 0.3) is 0 Å². The van der Waals surface area contributed by atoms with E-state index in [-0.39, 0.29) is 11.9 Å². The summed E-state index contributed by atoms with van der Waals surface area (Å²) in [5.41, 5.74) is 5.58. The second kappa shape index (κ2) is 6.16. The van der Waals surface area contributed by atoms with Gasteiger partial charge in [-0.25, -0.2) is 0 Å². The molecule has 0 bridgehead atoms. The summed E-state index contributed by atoms with van der Waals surface area (Å²) in [5.74, 6) is -0.0269. The van der Waals surface area contributed by atoms with E-state index in [1.807, 2.05) is 6.92 Å². The van der Waals surface area contributed by atoms with Gasteiger partial charge in [0.05, 0.1) is 6.04 Å². The summed E-state index contributed by atoms with van der Waals surface area (Å²) in [6, 6.07) is -0.310. The van der Waals surface area contributed by atoms with E-state index in [1.165, 1.54) is 0 Å². The summed E-state index contributed by atoms with van der Waals surface area (Å²) in [6.45, 7) is 4.65. The highest BCUT2D eigenvalue weighted by atomic mass is 16.2. The second-order valence-electron chi connectivity index (χ2n) is 2.64. The van der Waals surface area contributed by atoms with E-state index < -0.39 is 0 Å². The van der Waals surface area contributed by atoms with Gasteiger partial charge in [0.25, 0.3) is 0 Å². The molecule has 0 heterocycles. The van der Waals surface area contributed by atoms with Crippen molar-refractivity contribution < 1.29 is 4.79 Å². The van der Waals surface area contributed by atoms with Crippen molar-refractivity contribution >= 4 is 5.91 Å². The first kappa shape index (κ1) is 10.4. The maximum Gasteiger partial charge on any atom is 0.236 e. The predicted octanol–water partition coefficient (Wildman–Crippen LogP) is 0.640. The molecule has 0 aromatic carbocycles. The van der Waals surface area contributed by atoms with E-state index >= 15 is 0 Å². The van der Waals surface area contributed by atoms with Crippen LogP contribution in [0.15, 0.2) is 0 Å². The molecule has 3 nitrogen and oxygen atoms in total. The minimum absolute atomic E-state index is 0.0269. The molecular formula is C8H18N2O. The highest BCUT2D eigenvalue weighted by Crippen LogP contribution is 1.97. The molecule has 3 N–H and O–H groups in total. The van der Waals surface area contributed by atoms with Gasteiger partial charge in [-0.1, -0.05) is 19.8 Å². The molecule has 0 aliphatic rings. The molecule has 1 atom stereocenters. The Labute approximate surface area is 68.3 Å². The summed E-state index contributed by atoms with van der Waals surface area (Å²) in [5, 5.41) is 2.69. The Bertz CT molecular complexity index is 115. The third-order valence-electron chi connectivity index (χ3n) is 1.56. The summed E-state index contributed by atoms with van der Waals surface area (Å²) in [7, 11) is 0. The van der Waals surface area contributed by atoms with Gasteiger partial charge in [-0.15, -0.1) is 0 Å². The maximum absolute atomic E-state index is 11.0. The van der Waals surface area contributed by atoms with E-state index in [0.29, 0.717) is 6.54 Å². The molecule has 0 saturated heterocycles. The van der Waals surface area contributed by atoms with Crippen LogP contribution in [-0.4, -0.2) is 18.5 Å². The fourth-order valence-electron chi connectivity index (χ4n) is 0.860. The third kappa shape index (κ3) is 4.79. The van der Waals surface area contributed by atoms with Gasteiger partial charge >= 0.3 is 0 Å². The summed E-state index contributed by atoms with van der Waals surface area (Å²) in [6.07, 6.45) is 2.91. The van der Waals surface area contributed by atoms with Crippen molar-refractivity contribution in [3.8, 4) is 0 Å². The van der Waals surface area contributed by atoms with Gasteiger partial charge in [0.15, 0.2) is 0 Å². The van der Waals surface area contributed by atoms with Crippen molar-refractivity contribution in [1.29, 1.82) is 0 Å². The number of carbonyl (C=O) groups excluding carboxylic acids is 1. The lowest BCUT2D eigenvalue weighted by atomic mass is 10.1. The number of nitrogens with one attached hydrogen (secondary N) is 1. The van der Waals surface area contributed by atoms with Gasteiger partial charge in [0.1, 0.15) is 0 Å². The zero-order valence-corrected chi connectivity index (χ0v) is 7.39. The van der Waals surface area contributed by atoms with Gasteiger partial charge in [0.2, 0.25) is 5.91 Å². The Morgan fingerprint density at radius 2 is 2.18 bits per heavy atom. The first-order valence-corrected chi connectivity index (χ1v) is 4.25. The van der Waals surface area contributed by atoms with Gasteiger partial charge < -0.3 is 11.1 Å². The lowest BCUT2D eigenvalue weighted by Crippen LogP contribution is -2.40. The normalized spacial score (nSPS) is 12.6. The van der Waals surface area contributed by atoms with Crippen molar-refractivity contribution in [2.45, 2.75) is 39.2 Å². The van der Waals surface area contributed by atoms with Crippen LogP contribution in [0, 0.1) is 0 Å². The van der Waals surface area contributed by atoms with E-state index in [4.69, 9.17) is 5.73 Å². The Morgan fingerprint density at radius 3 is 2.64 bits per heavy atom. The summed E-state index contributed by atoms with van der Waals surface area (Å²) >= 11 is 0. The van der Waals surface area contributed by atoms with Gasteiger partial charge in [-0.2, -0.15) is 0 Å². The lowest BCUT2D eigenvalue weighted by Gasteiger charge is -2.09. The predicted molar refractivity (Wildman–Crippen MR) is 46.2 cm³/mol. The van der Waals surface area contributed by atoms with E-state index in [1.54, 1.807) is 0 Å². The van der Waals surface area contributed by atoms with E-state index in [0.717, 1.165) is 19.3 Å². The van der Waals surface area contributed by atoms with Crippen LogP contribution < -0.4 is 11.1 Å². The molecule has 0 aliphatic heterocycles. The van der Waals surface area contributed by atoms with Crippen molar-refractivity contribution in [3.63, 3.8) is 0 Å². The lowest BCUT2D eigenvalue weighted by molar-refractivity contribution is -0.122. The molecule has 0 radical (unpaired) electrons. The number of hydrogen-bond acceptors (Lipinski definition) is 2. The number of hydrogen-bond donors (Lipinski definition) is 2. The molecule has 11 heavy (non-hydrogen) atoms.